The number of nitrogens with one attached hydrogen (secondary N) is 1. The molecule has 1 heterocycles. The van der Waals surface area contributed by atoms with Gasteiger partial charge in [-0.1, -0.05) is 6.92 Å². The summed E-state index contributed by atoms with van der Waals surface area (Å²) in [5, 5.41) is 7.39. The number of rotatable bonds is 7. The third-order valence-corrected chi connectivity index (χ3v) is 2.00. The summed E-state index contributed by atoms with van der Waals surface area (Å²) in [7, 11) is 1.95. The molecule has 0 saturated carbocycles. The molecule has 80 valence electrons. The highest BCUT2D eigenvalue weighted by Gasteiger charge is 1.96. The fourth-order valence-corrected chi connectivity index (χ4v) is 1.18. The van der Waals surface area contributed by atoms with E-state index >= 15 is 0 Å². The zero-order valence-electron chi connectivity index (χ0n) is 8.99. The van der Waals surface area contributed by atoms with E-state index in [-0.39, 0.29) is 0 Å². The standard InChI is InChI=1S/C10H19N3O/c1-3-7-14-8-6-11-9-10-4-5-12-13(10)2/h4-5,11H,3,6-9H2,1-2H3. The van der Waals surface area contributed by atoms with Crippen molar-refractivity contribution in [1.82, 2.24) is 15.1 Å². The lowest BCUT2D eigenvalue weighted by molar-refractivity contribution is 0.136. The van der Waals surface area contributed by atoms with E-state index < -0.39 is 0 Å². The van der Waals surface area contributed by atoms with Gasteiger partial charge in [0.2, 0.25) is 0 Å². The third kappa shape index (κ3) is 3.89. The van der Waals surface area contributed by atoms with Crippen LogP contribution in [0.4, 0.5) is 0 Å². The maximum absolute atomic E-state index is 5.35. The van der Waals surface area contributed by atoms with Gasteiger partial charge in [0.15, 0.2) is 0 Å². The van der Waals surface area contributed by atoms with Gasteiger partial charge in [-0.2, -0.15) is 5.10 Å². The smallest absolute Gasteiger partial charge is 0.0591 e. The van der Waals surface area contributed by atoms with Crippen molar-refractivity contribution in [3.63, 3.8) is 0 Å². The summed E-state index contributed by atoms with van der Waals surface area (Å²) in [6.45, 7) is 5.50. The molecule has 0 saturated heterocycles. The summed E-state index contributed by atoms with van der Waals surface area (Å²) in [6.07, 6.45) is 2.90. The van der Waals surface area contributed by atoms with Crippen LogP contribution < -0.4 is 5.32 Å². The van der Waals surface area contributed by atoms with Gasteiger partial charge in [0.1, 0.15) is 0 Å². The Bertz CT molecular complexity index is 247. The first-order valence-electron chi connectivity index (χ1n) is 5.10. The molecule has 0 spiro atoms. The molecule has 0 bridgehead atoms. The summed E-state index contributed by atoms with van der Waals surface area (Å²) in [5.74, 6) is 0. The Hall–Kier alpha value is -0.870. The second-order valence-electron chi connectivity index (χ2n) is 3.24. The van der Waals surface area contributed by atoms with Gasteiger partial charge in [-0.3, -0.25) is 4.68 Å². The number of aryl methyl sites for hydroxylation is 1. The van der Waals surface area contributed by atoms with Crippen molar-refractivity contribution >= 4 is 0 Å². The summed E-state index contributed by atoms with van der Waals surface area (Å²) in [4.78, 5) is 0. The average molecular weight is 197 g/mol. The molecule has 0 unspecified atom stereocenters. The fourth-order valence-electron chi connectivity index (χ4n) is 1.18. The van der Waals surface area contributed by atoms with Crippen LogP contribution >= 0.6 is 0 Å². The predicted molar refractivity (Wildman–Crippen MR) is 56.0 cm³/mol. The second kappa shape index (κ2) is 6.56. The Labute approximate surface area is 85.3 Å². The molecule has 0 fully saturated rings. The molecule has 1 aromatic rings. The van der Waals surface area contributed by atoms with Crippen LogP contribution in [0.25, 0.3) is 0 Å². The monoisotopic (exact) mass is 197 g/mol. The number of hydrogen-bond donors (Lipinski definition) is 1. The highest BCUT2D eigenvalue weighted by Crippen LogP contribution is 1.94. The van der Waals surface area contributed by atoms with Crippen molar-refractivity contribution < 1.29 is 4.74 Å². The number of hydrogen-bond acceptors (Lipinski definition) is 3. The molecule has 0 amide bonds. The molecule has 4 heteroatoms. The van der Waals surface area contributed by atoms with Crippen molar-refractivity contribution in [2.24, 2.45) is 7.05 Å². The normalized spacial score (nSPS) is 10.7. The van der Waals surface area contributed by atoms with Gasteiger partial charge < -0.3 is 10.1 Å². The van der Waals surface area contributed by atoms with Gasteiger partial charge in [-0.05, 0) is 12.5 Å². The molecule has 1 aromatic heterocycles. The summed E-state index contributed by atoms with van der Waals surface area (Å²) >= 11 is 0. The van der Waals surface area contributed by atoms with E-state index in [1.54, 1.807) is 0 Å². The van der Waals surface area contributed by atoms with Crippen LogP contribution in [0.3, 0.4) is 0 Å². The zero-order chi connectivity index (χ0) is 10.2. The second-order valence-corrected chi connectivity index (χ2v) is 3.24. The van der Waals surface area contributed by atoms with E-state index in [1.165, 1.54) is 5.69 Å². The van der Waals surface area contributed by atoms with Crippen molar-refractivity contribution in [2.75, 3.05) is 19.8 Å². The molecule has 0 atom stereocenters. The molecular weight excluding hydrogens is 178 g/mol. The van der Waals surface area contributed by atoms with Crippen molar-refractivity contribution in [1.29, 1.82) is 0 Å². The van der Waals surface area contributed by atoms with E-state index in [1.807, 2.05) is 24.0 Å². The Morgan fingerprint density at radius 3 is 3.00 bits per heavy atom. The molecule has 1 rings (SSSR count). The Morgan fingerprint density at radius 2 is 2.36 bits per heavy atom. The first-order chi connectivity index (χ1) is 6.84. The highest BCUT2D eigenvalue weighted by atomic mass is 16.5. The molecule has 0 aromatic carbocycles. The zero-order valence-corrected chi connectivity index (χ0v) is 8.99. The summed E-state index contributed by atoms with van der Waals surface area (Å²) < 4.78 is 7.22. The van der Waals surface area contributed by atoms with Gasteiger partial charge in [0, 0.05) is 32.9 Å². The van der Waals surface area contributed by atoms with Crippen LogP contribution in [0.5, 0.6) is 0 Å². The van der Waals surface area contributed by atoms with E-state index in [9.17, 15) is 0 Å². The highest BCUT2D eigenvalue weighted by molar-refractivity contribution is 4.98. The SMILES string of the molecule is CCCOCCNCc1ccnn1C. The molecule has 0 aliphatic carbocycles. The van der Waals surface area contributed by atoms with Gasteiger partial charge in [-0.15, -0.1) is 0 Å². The van der Waals surface area contributed by atoms with Crippen molar-refractivity contribution in [2.45, 2.75) is 19.9 Å². The van der Waals surface area contributed by atoms with Crippen LogP contribution in [0.2, 0.25) is 0 Å². The van der Waals surface area contributed by atoms with Gasteiger partial charge in [0.05, 0.1) is 12.3 Å². The van der Waals surface area contributed by atoms with E-state index in [2.05, 4.69) is 17.3 Å². The van der Waals surface area contributed by atoms with E-state index in [0.717, 1.165) is 32.7 Å². The molecule has 0 aliphatic heterocycles. The van der Waals surface area contributed by atoms with Crippen LogP contribution in [-0.4, -0.2) is 29.5 Å². The van der Waals surface area contributed by atoms with Crippen molar-refractivity contribution in [3.8, 4) is 0 Å². The molecule has 4 nitrogen and oxygen atoms in total. The van der Waals surface area contributed by atoms with Crippen LogP contribution in [-0.2, 0) is 18.3 Å². The van der Waals surface area contributed by atoms with Gasteiger partial charge >= 0.3 is 0 Å². The van der Waals surface area contributed by atoms with E-state index in [4.69, 9.17) is 4.74 Å². The van der Waals surface area contributed by atoms with Crippen LogP contribution in [0.1, 0.15) is 19.0 Å². The minimum atomic E-state index is 0.783. The Morgan fingerprint density at radius 1 is 1.50 bits per heavy atom. The third-order valence-electron chi connectivity index (χ3n) is 2.00. The summed E-state index contributed by atoms with van der Waals surface area (Å²) in [6, 6.07) is 2.01. The lowest BCUT2D eigenvalue weighted by Crippen LogP contribution is -2.20. The first-order valence-corrected chi connectivity index (χ1v) is 5.10. The largest absolute Gasteiger partial charge is 0.380 e. The minimum absolute atomic E-state index is 0.783. The number of aromatic nitrogens is 2. The molecule has 1 N–H and O–H groups in total. The number of ether oxygens (including phenoxy) is 1. The topological polar surface area (TPSA) is 39.1 Å². The van der Waals surface area contributed by atoms with E-state index in [0.29, 0.717) is 0 Å². The Balaban J connectivity index is 2.02. The minimum Gasteiger partial charge on any atom is -0.380 e. The molecule has 0 radical (unpaired) electrons. The fraction of sp³-hybridized carbons (Fsp3) is 0.700. The number of nitrogens with zero attached hydrogens (tertiary/aromatic N) is 2. The predicted octanol–water partition coefficient (Wildman–Crippen LogP) is 0.936. The molecule has 14 heavy (non-hydrogen) atoms. The van der Waals surface area contributed by atoms with Crippen LogP contribution in [0, 0.1) is 0 Å². The van der Waals surface area contributed by atoms with Gasteiger partial charge in [0.25, 0.3) is 0 Å². The molecular formula is C10H19N3O. The first kappa shape index (κ1) is 11.2. The lowest BCUT2D eigenvalue weighted by Gasteiger charge is -2.05. The van der Waals surface area contributed by atoms with Crippen LogP contribution in [0.15, 0.2) is 12.3 Å². The maximum Gasteiger partial charge on any atom is 0.0591 e. The molecule has 0 aliphatic rings. The quantitative estimate of drug-likeness (QED) is 0.661. The maximum atomic E-state index is 5.35. The van der Waals surface area contributed by atoms with Gasteiger partial charge in [-0.25, -0.2) is 0 Å². The summed E-state index contributed by atoms with van der Waals surface area (Å²) in [5.41, 5.74) is 1.19. The van der Waals surface area contributed by atoms with Crippen molar-refractivity contribution in [3.05, 3.63) is 18.0 Å². The Kier molecular flexibility index (Phi) is 5.25. The average Bonchev–Trinajstić information content (AvgIpc) is 2.58. The lowest BCUT2D eigenvalue weighted by atomic mass is 10.4.